The molecule has 1 unspecified atom stereocenters. The minimum atomic E-state index is -0.0371. The number of piperidine rings is 1. The Labute approximate surface area is 183 Å². The molecule has 1 amide bonds. The Bertz CT molecular complexity index is 970. The number of carbonyl (C=O) groups is 1. The van der Waals surface area contributed by atoms with E-state index in [1.807, 2.05) is 42.0 Å². The summed E-state index contributed by atoms with van der Waals surface area (Å²) in [6.45, 7) is 4.04. The number of aromatic nitrogens is 4. The summed E-state index contributed by atoms with van der Waals surface area (Å²) in [7, 11) is 0. The van der Waals surface area contributed by atoms with Gasteiger partial charge in [0.1, 0.15) is 5.82 Å². The molecule has 0 radical (unpaired) electrons. The molecule has 0 aliphatic carbocycles. The van der Waals surface area contributed by atoms with Gasteiger partial charge >= 0.3 is 0 Å². The second-order valence-electron chi connectivity index (χ2n) is 7.22. The first-order chi connectivity index (χ1) is 14.1. The van der Waals surface area contributed by atoms with Gasteiger partial charge in [0.2, 0.25) is 5.91 Å². The molecule has 7 nitrogen and oxygen atoms in total. The van der Waals surface area contributed by atoms with Gasteiger partial charge in [0.05, 0.1) is 5.92 Å². The molecule has 1 fully saturated rings. The maximum atomic E-state index is 12.7. The number of hydrogen-bond acceptors (Lipinski definition) is 5. The van der Waals surface area contributed by atoms with Gasteiger partial charge in [0.15, 0.2) is 11.6 Å². The molecule has 3 aromatic rings. The number of halogens is 1. The first-order valence-corrected chi connectivity index (χ1v) is 10.8. The summed E-state index contributed by atoms with van der Waals surface area (Å²) >= 11 is 2.28. The molecule has 29 heavy (non-hydrogen) atoms. The largest absolute Gasteiger partial charge is 0.354 e. The number of nitrogens with zero attached hydrogens (tertiary/aromatic N) is 5. The molecular formula is C21H23IN6O. The topological polar surface area (TPSA) is 75.9 Å². The van der Waals surface area contributed by atoms with E-state index in [1.54, 1.807) is 6.20 Å². The van der Waals surface area contributed by atoms with Crippen LogP contribution >= 0.6 is 22.6 Å². The highest BCUT2D eigenvalue weighted by molar-refractivity contribution is 14.1. The van der Waals surface area contributed by atoms with Crippen LogP contribution < -0.4 is 10.2 Å². The lowest BCUT2D eigenvalue weighted by Gasteiger charge is -2.32. The van der Waals surface area contributed by atoms with Crippen molar-refractivity contribution in [2.75, 3.05) is 18.0 Å². The fourth-order valence-corrected chi connectivity index (χ4v) is 3.93. The molecule has 0 saturated carbocycles. The van der Waals surface area contributed by atoms with Crippen LogP contribution in [0, 0.1) is 16.4 Å². The Morgan fingerprint density at radius 3 is 2.62 bits per heavy atom. The summed E-state index contributed by atoms with van der Waals surface area (Å²) in [5, 5.41) is 11.8. The quantitative estimate of drug-likeness (QED) is 0.543. The number of rotatable bonds is 5. The van der Waals surface area contributed by atoms with Crippen LogP contribution in [-0.2, 0) is 11.3 Å². The lowest BCUT2D eigenvalue weighted by Crippen LogP contribution is -2.43. The Morgan fingerprint density at radius 1 is 1.17 bits per heavy atom. The zero-order valence-electron chi connectivity index (χ0n) is 16.3. The molecule has 4 rings (SSSR count). The number of benzene rings is 1. The van der Waals surface area contributed by atoms with Gasteiger partial charge in [-0.25, -0.2) is 4.98 Å². The Kier molecular flexibility index (Phi) is 6.08. The smallest absolute Gasteiger partial charge is 0.225 e. The zero-order chi connectivity index (χ0) is 20.2. The van der Waals surface area contributed by atoms with Crippen molar-refractivity contribution in [1.29, 1.82) is 0 Å². The summed E-state index contributed by atoms with van der Waals surface area (Å²) in [5.74, 6) is 2.49. The van der Waals surface area contributed by atoms with Gasteiger partial charge in [-0.15, -0.1) is 10.2 Å². The van der Waals surface area contributed by atoms with Crippen LogP contribution in [0.15, 0.2) is 48.8 Å². The molecule has 3 heterocycles. The first kappa shape index (κ1) is 19.8. The van der Waals surface area contributed by atoms with Gasteiger partial charge in [-0.1, -0.05) is 12.1 Å². The summed E-state index contributed by atoms with van der Waals surface area (Å²) in [6.07, 6.45) is 5.48. The van der Waals surface area contributed by atoms with Crippen molar-refractivity contribution in [3.63, 3.8) is 0 Å². The highest BCUT2D eigenvalue weighted by atomic mass is 127. The Balaban J connectivity index is 1.37. The van der Waals surface area contributed by atoms with Crippen molar-refractivity contribution in [3.8, 4) is 5.82 Å². The number of imidazole rings is 1. The molecule has 8 heteroatoms. The molecule has 1 aliphatic rings. The van der Waals surface area contributed by atoms with Crippen LogP contribution in [0.1, 0.15) is 24.2 Å². The van der Waals surface area contributed by atoms with Crippen molar-refractivity contribution in [3.05, 3.63) is 63.7 Å². The summed E-state index contributed by atoms with van der Waals surface area (Å²) in [6, 6.07) is 12.1. The number of aryl methyl sites for hydroxylation is 1. The minimum Gasteiger partial charge on any atom is -0.354 e. The average Bonchev–Trinajstić information content (AvgIpc) is 3.19. The summed E-state index contributed by atoms with van der Waals surface area (Å²) in [5.41, 5.74) is 1.11. The van der Waals surface area contributed by atoms with Gasteiger partial charge in [-0.3, -0.25) is 9.36 Å². The lowest BCUT2D eigenvalue weighted by molar-refractivity contribution is -0.125. The van der Waals surface area contributed by atoms with Crippen molar-refractivity contribution < 1.29 is 4.79 Å². The van der Waals surface area contributed by atoms with Gasteiger partial charge in [-0.05, 0) is 72.2 Å². The monoisotopic (exact) mass is 502 g/mol. The predicted molar refractivity (Wildman–Crippen MR) is 120 cm³/mol. The number of hydrogen-bond donors (Lipinski definition) is 1. The summed E-state index contributed by atoms with van der Waals surface area (Å²) < 4.78 is 3.09. The number of carbonyl (C=O) groups excluding carboxylic acids is 1. The van der Waals surface area contributed by atoms with E-state index in [9.17, 15) is 4.79 Å². The van der Waals surface area contributed by atoms with E-state index >= 15 is 0 Å². The molecule has 1 saturated heterocycles. The third-order valence-electron chi connectivity index (χ3n) is 5.21. The molecule has 0 bridgehead atoms. The second-order valence-corrected chi connectivity index (χ2v) is 8.47. The van der Waals surface area contributed by atoms with E-state index in [0.29, 0.717) is 13.1 Å². The lowest BCUT2D eigenvalue weighted by atomic mass is 9.97. The van der Waals surface area contributed by atoms with Crippen LogP contribution in [0.5, 0.6) is 0 Å². The second kappa shape index (κ2) is 8.89. The maximum Gasteiger partial charge on any atom is 0.225 e. The Hall–Kier alpha value is -2.49. The van der Waals surface area contributed by atoms with Gasteiger partial charge < -0.3 is 10.2 Å². The van der Waals surface area contributed by atoms with Gasteiger partial charge in [0, 0.05) is 35.6 Å². The van der Waals surface area contributed by atoms with E-state index in [4.69, 9.17) is 0 Å². The molecule has 1 atom stereocenters. The standard InChI is InChI=1S/C21H23IN6O/c1-15-23-10-12-28(15)20-9-8-19(25-26-20)27-11-2-3-17(14-27)21(29)24-13-16-4-6-18(22)7-5-16/h4-10,12,17H,2-3,11,13-14H2,1H3,(H,24,29). The van der Waals surface area contributed by atoms with Crippen LogP contribution in [0.3, 0.4) is 0 Å². The predicted octanol–water partition coefficient (Wildman–Crippen LogP) is 3.11. The van der Waals surface area contributed by atoms with E-state index < -0.39 is 0 Å². The molecule has 2 aromatic heterocycles. The molecule has 1 aliphatic heterocycles. The van der Waals surface area contributed by atoms with Crippen molar-refractivity contribution >= 4 is 34.3 Å². The zero-order valence-corrected chi connectivity index (χ0v) is 18.4. The van der Waals surface area contributed by atoms with Crippen LogP contribution in [0.2, 0.25) is 0 Å². The third-order valence-corrected chi connectivity index (χ3v) is 5.92. The van der Waals surface area contributed by atoms with Crippen LogP contribution in [-0.4, -0.2) is 38.7 Å². The van der Waals surface area contributed by atoms with Crippen molar-refractivity contribution in [2.45, 2.75) is 26.3 Å². The van der Waals surface area contributed by atoms with Crippen LogP contribution in [0.25, 0.3) is 5.82 Å². The fraction of sp³-hybridized carbons (Fsp3) is 0.333. The molecule has 1 N–H and O–H groups in total. The van der Waals surface area contributed by atoms with E-state index in [0.717, 1.165) is 42.4 Å². The highest BCUT2D eigenvalue weighted by Gasteiger charge is 2.26. The molecule has 1 aromatic carbocycles. The molecule has 150 valence electrons. The fourth-order valence-electron chi connectivity index (χ4n) is 3.57. The number of amides is 1. The maximum absolute atomic E-state index is 12.7. The SMILES string of the molecule is Cc1nccn1-c1ccc(N2CCCC(C(=O)NCc3ccc(I)cc3)C2)nn1. The van der Waals surface area contributed by atoms with Crippen LogP contribution in [0.4, 0.5) is 5.82 Å². The van der Waals surface area contributed by atoms with Gasteiger partial charge in [0.25, 0.3) is 0 Å². The number of nitrogens with one attached hydrogen (secondary N) is 1. The Morgan fingerprint density at radius 2 is 1.93 bits per heavy atom. The van der Waals surface area contributed by atoms with E-state index in [2.05, 4.69) is 60.1 Å². The minimum absolute atomic E-state index is 0.0371. The normalized spacial score (nSPS) is 16.6. The average molecular weight is 502 g/mol. The van der Waals surface area contributed by atoms with E-state index in [1.165, 1.54) is 3.57 Å². The summed E-state index contributed by atoms with van der Waals surface area (Å²) in [4.78, 5) is 19.0. The van der Waals surface area contributed by atoms with Crippen molar-refractivity contribution in [1.82, 2.24) is 25.1 Å². The van der Waals surface area contributed by atoms with Gasteiger partial charge in [-0.2, -0.15) is 0 Å². The van der Waals surface area contributed by atoms with Crippen molar-refractivity contribution in [2.24, 2.45) is 5.92 Å². The molecule has 0 spiro atoms. The third kappa shape index (κ3) is 4.75. The number of anilines is 1. The van der Waals surface area contributed by atoms with E-state index in [-0.39, 0.29) is 11.8 Å². The molecular weight excluding hydrogens is 479 g/mol. The highest BCUT2D eigenvalue weighted by Crippen LogP contribution is 2.22. The first-order valence-electron chi connectivity index (χ1n) is 9.71.